The summed E-state index contributed by atoms with van der Waals surface area (Å²) in [4.78, 5) is 14.9. The Hall–Kier alpha value is -3.84. The van der Waals surface area contributed by atoms with E-state index in [9.17, 15) is 10.1 Å². The first-order valence-corrected chi connectivity index (χ1v) is 9.01. The zero-order chi connectivity index (χ0) is 19.3. The molecular weight excluding hydrogens is 348 g/mol. The van der Waals surface area contributed by atoms with Crippen molar-refractivity contribution in [2.24, 2.45) is 0 Å². The van der Waals surface area contributed by atoms with E-state index in [1.807, 2.05) is 71.9 Å². The van der Waals surface area contributed by atoms with E-state index in [0.29, 0.717) is 5.56 Å². The molecule has 0 bridgehead atoms. The molecule has 0 spiro atoms. The second-order valence-electron chi connectivity index (χ2n) is 6.57. The van der Waals surface area contributed by atoms with Crippen LogP contribution in [0.3, 0.4) is 0 Å². The predicted octanol–water partition coefficient (Wildman–Crippen LogP) is 4.72. The highest BCUT2D eigenvalue weighted by Gasteiger charge is 2.33. The Bertz CT molecular complexity index is 1030. The number of ketones is 1. The second kappa shape index (κ2) is 7.81. The quantitative estimate of drug-likeness (QED) is 0.785. The van der Waals surface area contributed by atoms with Crippen LogP contribution in [0.5, 0.6) is 0 Å². The average molecular weight is 366 g/mol. The van der Waals surface area contributed by atoms with Crippen LogP contribution < -0.4 is 0 Å². The number of hydrogen-bond acceptors (Lipinski definition) is 4. The highest BCUT2D eigenvalue weighted by molar-refractivity contribution is 5.99. The van der Waals surface area contributed by atoms with E-state index in [2.05, 4.69) is 6.07 Å². The number of hydrogen-bond donors (Lipinski definition) is 0. The third-order valence-electron chi connectivity index (χ3n) is 4.87. The third-order valence-corrected chi connectivity index (χ3v) is 4.87. The predicted molar refractivity (Wildman–Crippen MR) is 107 cm³/mol. The topological polar surface area (TPSA) is 53.3 Å². The van der Waals surface area contributed by atoms with E-state index in [1.165, 1.54) is 0 Å². The summed E-state index contributed by atoms with van der Waals surface area (Å²) >= 11 is 0. The summed E-state index contributed by atoms with van der Waals surface area (Å²) in [5.41, 5.74) is 3.42. The number of carbonyl (C=O) groups excluding carboxylic acids is 1. The third kappa shape index (κ3) is 3.38. The van der Waals surface area contributed by atoms with Crippen molar-refractivity contribution in [3.63, 3.8) is 0 Å². The molecule has 1 aliphatic carbocycles. The minimum Gasteiger partial charge on any atom is -0.470 e. The molecule has 0 amide bonds. The first-order valence-electron chi connectivity index (χ1n) is 9.01. The normalized spacial score (nSPS) is 19.0. The molecule has 136 valence electrons. The fourth-order valence-electron chi connectivity index (χ4n) is 3.66. The van der Waals surface area contributed by atoms with E-state index < -0.39 is 0 Å². The molecule has 2 aromatic carbocycles. The van der Waals surface area contributed by atoms with Crippen LogP contribution in [0.1, 0.15) is 28.7 Å². The van der Waals surface area contributed by atoms with Gasteiger partial charge in [-0.15, -0.1) is 0 Å². The van der Waals surface area contributed by atoms with Gasteiger partial charge in [0.1, 0.15) is 12.5 Å². The van der Waals surface area contributed by atoms with E-state index in [4.69, 9.17) is 4.74 Å². The van der Waals surface area contributed by atoms with Crippen LogP contribution in [0.25, 0.3) is 0 Å². The van der Waals surface area contributed by atoms with E-state index in [0.717, 1.165) is 16.7 Å². The summed E-state index contributed by atoms with van der Waals surface area (Å²) in [7, 11) is 0. The average Bonchev–Trinajstić information content (AvgIpc) is 2.76. The SMILES string of the molecule is N#Cc1cccc(C(C2=CC=CC(=O)C2c2ccccc2)N2C=COC=C2)c1. The van der Waals surface area contributed by atoms with E-state index in [-0.39, 0.29) is 17.7 Å². The number of carbonyl (C=O) groups is 1. The van der Waals surface area contributed by atoms with Gasteiger partial charge in [0.25, 0.3) is 0 Å². The molecule has 28 heavy (non-hydrogen) atoms. The summed E-state index contributed by atoms with van der Waals surface area (Å²) in [6.07, 6.45) is 12.3. The highest BCUT2D eigenvalue weighted by atomic mass is 16.5. The van der Waals surface area contributed by atoms with Gasteiger partial charge in [0, 0.05) is 12.4 Å². The van der Waals surface area contributed by atoms with Crippen molar-refractivity contribution < 1.29 is 9.53 Å². The molecule has 0 saturated heterocycles. The molecule has 2 aliphatic rings. The maximum Gasteiger partial charge on any atom is 0.167 e. The van der Waals surface area contributed by atoms with Gasteiger partial charge in [-0.2, -0.15) is 5.26 Å². The standard InChI is InChI=1S/C24H18N2O2/c25-17-18-6-4-9-20(16-18)24(26-12-14-28-15-13-26)21-10-5-11-22(27)23(21)19-7-2-1-3-8-19/h1-16,23-24H. The minimum atomic E-state index is -0.383. The Morgan fingerprint density at radius 2 is 1.82 bits per heavy atom. The monoisotopic (exact) mass is 366 g/mol. The molecule has 1 aliphatic heterocycles. The maximum atomic E-state index is 12.9. The molecule has 0 saturated carbocycles. The lowest BCUT2D eigenvalue weighted by Crippen LogP contribution is -2.28. The molecule has 4 heteroatoms. The summed E-state index contributed by atoms with van der Waals surface area (Å²) < 4.78 is 5.20. The van der Waals surface area contributed by atoms with Crippen LogP contribution in [0, 0.1) is 11.3 Å². The van der Waals surface area contributed by atoms with Crippen molar-refractivity contribution in [3.8, 4) is 6.07 Å². The van der Waals surface area contributed by atoms with Crippen LogP contribution in [-0.2, 0) is 9.53 Å². The lowest BCUT2D eigenvalue weighted by atomic mass is 9.78. The van der Waals surface area contributed by atoms with Gasteiger partial charge in [0.05, 0.1) is 23.6 Å². The zero-order valence-corrected chi connectivity index (χ0v) is 15.1. The zero-order valence-electron chi connectivity index (χ0n) is 15.1. The molecule has 0 radical (unpaired) electrons. The van der Waals surface area contributed by atoms with Gasteiger partial charge in [0.15, 0.2) is 5.78 Å². The van der Waals surface area contributed by atoms with Crippen molar-refractivity contribution >= 4 is 5.78 Å². The van der Waals surface area contributed by atoms with Crippen molar-refractivity contribution in [1.82, 2.24) is 4.90 Å². The molecule has 1 heterocycles. The van der Waals surface area contributed by atoms with Crippen molar-refractivity contribution in [2.75, 3.05) is 0 Å². The smallest absolute Gasteiger partial charge is 0.167 e. The molecule has 2 unspecified atom stereocenters. The Labute approximate surface area is 164 Å². The summed E-state index contributed by atoms with van der Waals surface area (Å²) in [5.74, 6) is -0.335. The number of benzene rings is 2. The lowest BCUT2D eigenvalue weighted by molar-refractivity contribution is -0.115. The van der Waals surface area contributed by atoms with Gasteiger partial charge in [0.2, 0.25) is 0 Å². The van der Waals surface area contributed by atoms with Crippen LogP contribution in [-0.4, -0.2) is 10.7 Å². The number of nitriles is 1. The maximum absolute atomic E-state index is 12.9. The van der Waals surface area contributed by atoms with E-state index >= 15 is 0 Å². The Kier molecular flexibility index (Phi) is 4.90. The van der Waals surface area contributed by atoms with Gasteiger partial charge in [-0.25, -0.2) is 0 Å². The molecule has 2 atom stereocenters. The largest absolute Gasteiger partial charge is 0.470 e. The van der Waals surface area contributed by atoms with E-state index in [1.54, 1.807) is 30.7 Å². The van der Waals surface area contributed by atoms with Gasteiger partial charge in [-0.05, 0) is 34.9 Å². The molecule has 0 N–H and O–H groups in total. The van der Waals surface area contributed by atoms with Gasteiger partial charge in [-0.3, -0.25) is 4.79 Å². The van der Waals surface area contributed by atoms with Crippen LogP contribution in [0.15, 0.2) is 103 Å². The van der Waals surface area contributed by atoms with Crippen LogP contribution >= 0.6 is 0 Å². The Morgan fingerprint density at radius 1 is 1.04 bits per heavy atom. The summed E-state index contributed by atoms with van der Waals surface area (Å²) in [5, 5.41) is 9.35. The fourth-order valence-corrected chi connectivity index (χ4v) is 3.66. The molecular formula is C24H18N2O2. The van der Waals surface area contributed by atoms with Crippen LogP contribution in [0.2, 0.25) is 0 Å². The van der Waals surface area contributed by atoms with Gasteiger partial charge in [-0.1, -0.05) is 54.6 Å². The number of ether oxygens (including phenoxy) is 1. The summed E-state index contributed by atoms with van der Waals surface area (Å²) in [6, 6.07) is 19.2. The fraction of sp³-hybridized carbons (Fsp3) is 0.0833. The molecule has 0 aromatic heterocycles. The lowest BCUT2D eigenvalue weighted by Gasteiger charge is -2.35. The summed E-state index contributed by atoms with van der Waals surface area (Å²) in [6.45, 7) is 0. The minimum absolute atomic E-state index is 0.0476. The van der Waals surface area contributed by atoms with Crippen LogP contribution in [0.4, 0.5) is 0 Å². The van der Waals surface area contributed by atoms with Gasteiger partial charge < -0.3 is 9.64 Å². The number of nitrogens with zero attached hydrogens (tertiary/aromatic N) is 2. The van der Waals surface area contributed by atoms with Crippen molar-refractivity contribution in [3.05, 3.63) is 120 Å². The highest BCUT2D eigenvalue weighted by Crippen LogP contribution is 2.41. The first-order chi connectivity index (χ1) is 13.8. The Balaban J connectivity index is 1.86. The second-order valence-corrected chi connectivity index (χ2v) is 6.57. The number of rotatable bonds is 4. The molecule has 0 fully saturated rings. The first kappa shape index (κ1) is 17.6. The molecule has 4 nitrogen and oxygen atoms in total. The number of allylic oxidation sites excluding steroid dienone is 3. The molecule has 2 aromatic rings. The Morgan fingerprint density at radius 3 is 2.57 bits per heavy atom. The van der Waals surface area contributed by atoms with Gasteiger partial charge >= 0.3 is 0 Å². The molecule has 4 rings (SSSR count). The van der Waals surface area contributed by atoms with Crippen molar-refractivity contribution in [2.45, 2.75) is 12.0 Å². The van der Waals surface area contributed by atoms with Crippen molar-refractivity contribution in [1.29, 1.82) is 5.26 Å².